The second-order valence-electron chi connectivity index (χ2n) is 2.72. The Morgan fingerprint density at radius 2 is 2.17 bits per heavy atom. The second kappa shape index (κ2) is 3.05. The van der Waals surface area contributed by atoms with Crippen molar-refractivity contribution < 1.29 is 0 Å². The van der Waals surface area contributed by atoms with Crippen molar-refractivity contribution in [3.63, 3.8) is 0 Å². The van der Waals surface area contributed by atoms with Crippen LogP contribution in [0.1, 0.15) is 5.56 Å². The number of benzene rings is 1. The highest BCUT2D eigenvalue weighted by Crippen LogP contribution is 2.32. The van der Waals surface area contributed by atoms with Gasteiger partial charge in [-0.05, 0) is 51.3 Å². The molecule has 0 aliphatic rings. The van der Waals surface area contributed by atoms with Gasteiger partial charge in [0, 0.05) is 14.1 Å². The predicted molar refractivity (Wildman–Crippen MR) is 61.5 cm³/mol. The average molecular weight is 259 g/mol. The minimum Gasteiger partial charge on any atom is -0.143 e. The normalized spacial score (nSPS) is 10.9. The van der Waals surface area contributed by atoms with Crippen LogP contribution in [-0.2, 0) is 0 Å². The van der Waals surface area contributed by atoms with E-state index >= 15 is 0 Å². The summed E-state index contributed by atoms with van der Waals surface area (Å²) in [5.41, 5.74) is 1.33. The minimum atomic E-state index is 1.00. The first-order chi connectivity index (χ1) is 5.68. The summed E-state index contributed by atoms with van der Waals surface area (Å²) >= 11 is 9.58. The maximum Gasteiger partial charge on any atom is 0.0357 e. The minimum absolute atomic E-state index is 1.00. The molecule has 0 atom stereocenters. The molecule has 2 aromatic rings. The fourth-order valence-electron chi connectivity index (χ4n) is 1.16. The van der Waals surface area contributed by atoms with Crippen LogP contribution in [0.15, 0.2) is 26.9 Å². The average Bonchev–Trinajstić information content (AvgIpc) is 2.35. The summed E-state index contributed by atoms with van der Waals surface area (Å²) in [6, 6.07) is 4.23. The molecule has 1 aromatic carbocycles. The molecule has 0 amide bonds. The van der Waals surface area contributed by atoms with Gasteiger partial charge in [0.15, 0.2) is 0 Å². The Hall–Kier alpha value is 0.01000. The fraction of sp³-hybridized carbons (Fsp3) is 0.111. The first-order valence-electron chi connectivity index (χ1n) is 3.55. The fourth-order valence-corrected chi connectivity index (χ4v) is 2.82. The van der Waals surface area contributed by atoms with E-state index in [0.29, 0.717) is 0 Å². The van der Waals surface area contributed by atoms with Crippen molar-refractivity contribution in [3.8, 4) is 0 Å². The number of thiol groups is 1. The summed E-state index contributed by atoms with van der Waals surface area (Å²) in [4.78, 5) is 1.00. The van der Waals surface area contributed by atoms with Gasteiger partial charge in [0.1, 0.15) is 0 Å². The van der Waals surface area contributed by atoms with E-state index in [2.05, 4.69) is 53.0 Å². The van der Waals surface area contributed by atoms with Gasteiger partial charge in [-0.3, -0.25) is 0 Å². The van der Waals surface area contributed by atoms with Crippen LogP contribution in [0.5, 0.6) is 0 Å². The Morgan fingerprint density at radius 3 is 2.92 bits per heavy atom. The lowest BCUT2D eigenvalue weighted by atomic mass is 10.2. The molecule has 0 fully saturated rings. The summed E-state index contributed by atoms with van der Waals surface area (Å²) in [5.74, 6) is 0. The SMILES string of the molecule is Cc1csc2cc(Br)c(S)cc12. The molecule has 3 heteroatoms. The summed E-state index contributed by atoms with van der Waals surface area (Å²) < 4.78 is 2.39. The number of fused-ring (bicyclic) bond motifs is 1. The van der Waals surface area contributed by atoms with Gasteiger partial charge >= 0.3 is 0 Å². The molecule has 0 saturated carbocycles. The number of rotatable bonds is 0. The van der Waals surface area contributed by atoms with E-state index < -0.39 is 0 Å². The van der Waals surface area contributed by atoms with Gasteiger partial charge in [0.25, 0.3) is 0 Å². The van der Waals surface area contributed by atoms with E-state index in [1.807, 2.05) is 0 Å². The number of thiophene rings is 1. The van der Waals surface area contributed by atoms with E-state index in [1.54, 1.807) is 11.3 Å². The van der Waals surface area contributed by atoms with Gasteiger partial charge in [0.2, 0.25) is 0 Å². The smallest absolute Gasteiger partial charge is 0.0357 e. The van der Waals surface area contributed by atoms with Gasteiger partial charge in [-0.1, -0.05) is 0 Å². The number of hydrogen-bond acceptors (Lipinski definition) is 2. The summed E-state index contributed by atoms with van der Waals surface area (Å²) in [6.45, 7) is 2.12. The monoisotopic (exact) mass is 258 g/mol. The molecular weight excluding hydrogens is 252 g/mol. The lowest BCUT2D eigenvalue weighted by Gasteiger charge is -1.97. The van der Waals surface area contributed by atoms with Gasteiger partial charge in [-0.15, -0.1) is 24.0 Å². The zero-order valence-electron chi connectivity index (χ0n) is 6.47. The molecule has 2 rings (SSSR count). The van der Waals surface area contributed by atoms with Gasteiger partial charge < -0.3 is 0 Å². The first-order valence-corrected chi connectivity index (χ1v) is 5.67. The lowest BCUT2D eigenvalue weighted by molar-refractivity contribution is 1.46. The van der Waals surface area contributed by atoms with Crippen molar-refractivity contribution in [1.82, 2.24) is 0 Å². The highest BCUT2D eigenvalue weighted by atomic mass is 79.9. The molecule has 1 heterocycles. The van der Waals surface area contributed by atoms with Crippen LogP contribution in [-0.4, -0.2) is 0 Å². The quantitative estimate of drug-likeness (QED) is 0.671. The van der Waals surface area contributed by atoms with Crippen molar-refractivity contribution in [2.75, 3.05) is 0 Å². The molecule has 12 heavy (non-hydrogen) atoms. The van der Waals surface area contributed by atoms with Crippen LogP contribution in [0.25, 0.3) is 10.1 Å². The molecule has 0 bridgehead atoms. The van der Waals surface area contributed by atoms with Crippen LogP contribution >= 0.6 is 39.9 Å². The first kappa shape index (κ1) is 8.60. The Kier molecular flexibility index (Phi) is 2.19. The van der Waals surface area contributed by atoms with Crippen LogP contribution in [0.3, 0.4) is 0 Å². The zero-order valence-corrected chi connectivity index (χ0v) is 9.76. The van der Waals surface area contributed by atoms with Crippen molar-refractivity contribution in [3.05, 3.63) is 27.5 Å². The highest BCUT2D eigenvalue weighted by Gasteiger charge is 2.03. The van der Waals surface area contributed by atoms with E-state index in [9.17, 15) is 0 Å². The van der Waals surface area contributed by atoms with Gasteiger partial charge in [-0.25, -0.2) is 0 Å². The van der Waals surface area contributed by atoms with Crippen LogP contribution in [0.2, 0.25) is 0 Å². The lowest BCUT2D eigenvalue weighted by Crippen LogP contribution is -1.71. The van der Waals surface area contributed by atoms with E-state index in [-0.39, 0.29) is 0 Å². The van der Waals surface area contributed by atoms with E-state index in [0.717, 1.165) is 9.37 Å². The van der Waals surface area contributed by atoms with Crippen molar-refractivity contribution in [2.45, 2.75) is 11.8 Å². The Labute approximate surface area is 89.1 Å². The van der Waals surface area contributed by atoms with Crippen LogP contribution in [0.4, 0.5) is 0 Å². The largest absolute Gasteiger partial charge is 0.143 e. The van der Waals surface area contributed by atoms with Gasteiger partial charge in [0.05, 0.1) is 0 Å². The number of hydrogen-bond donors (Lipinski definition) is 1. The highest BCUT2D eigenvalue weighted by molar-refractivity contribution is 9.10. The maximum absolute atomic E-state index is 4.35. The molecule has 62 valence electrons. The standard InChI is InChI=1S/C9H7BrS2/c1-5-4-12-9-3-7(10)8(11)2-6(5)9/h2-4,11H,1H3. The van der Waals surface area contributed by atoms with Gasteiger partial charge in [-0.2, -0.15) is 0 Å². The molecule has 0 nitrogen and oxygen atoms in total. The Bertz CT molecular complexity index is 431. The third-order valence-corrected chi connectivity index (χ3v) is 4.23. The van der Waals surface area contributed by atoms with Crippen LogP contribution in [0, 0.1) is 6.92 Å². The topological polar surface area (TPSA) is 0 Å². The van der Waals surface area contributed by atoms with E-state index in [1.165, 1.54) is 15.6 Å². The number of halogens is 1. The van der Waals surface area contributed by atoms with Crippen LogP contribution < -0.4 is 0 Å². The number of aryl methyl sites for hydroxylation is 1. The summed E-state index contributed by atoms with van der Waals surface area (Å²) in [7, 11) is 0. The third kappa shape index (κ3) is 1.30. The molecule has 0 saturated heterocycles. The summed E-state index contributed by atoms with van der Waals surface area (Å²) in [6.07, 6.45) is 0. The van der Waals surface area contributed by atoms with Crippen molar-refractivity contribution in [2.24, 2.45) is 0 Å². The maximum atomic E-state index is 4.35. The van der Waals surface area contributed by atoms with E-state index in [4.69, 9.17) is 0 Å². The Balaban J connectivity index is 2.87. The molecule has 1 aromatic heterocycles. The zero-order chi connectivity index (χ0) is 8.72. The second-order valence-corrected chi connectivity index (χ2v) is 4.97. The molecule has 0 aliphatic carbocycles. The summed E-state index contributed by atoms with van der Waals surface area (Å²) in [5, 5.41) is 3.48. The third-order valence-electron chi connectivity index (χ3n) is 1.84. The van der Waals surface area contributed by atoms with Crippen molar-refractivity contribution in [1.29, 1.82) is 0 Å². The molecular formula is C9H7BrS2. The molecule has 0 spiro atoms. The Morgan fingerprint density at radius 1 is 1.42 bits per heavy atom. The molecule has 0 unspecified atom stereocenters. The molecule has 0 N–H and O–H groups in total. The molecule has 0 aliphatic heterocycles. The predicted octanol–water partition coefficient (Wildman–Crippen LogP) is 4.26. The van der Waals surface area contributed by atoms with Crippen molar-refractivity contribution >= 4 is 50.0 Å². The molecule has 0 radical (unpaired) electrons.